The molecule has 0 atom stereocenters. The van der Waals surface area contributed by atoms with Crippen molar-refractivity contribution in [2.75, 3.05) is 12.4 Å². The maximum absolute atomic E-state index is 11.5. The Kier molecular flexibility index (Phi) is 5.80. The Morgan fingerprint density at radius 3 is 2.41 bits per heavy atom. The van der Waals surface area contributed by atoms with E-state index in [1.807, 2.05) is 36.0 Å². The Morgan fingerprint density at radius 1 is 1.03 bits per heavy atom. The van der Waals surface area contributed by atoms with E-state index in [0.717, 1.165) is 27.0 Å². The maximum Gasteiger partial charge on any atom is 0.283 e. The van der Waals surface area contributed by atoms with Gasteiger partial charge in [-0.25, -0.2) is 0 Å². The smallest absolute Gasteiger partial charge is 0.283 e. The van der Waals surface area contributed by atoms with Crippen LogP contribution in [0.3, 0.4) is 0 Å². The number of hydrogen-bond acceptors (Lipinski definition) is 6. The van der Waals surface area contributed by atoms with E-state index in [0.29, 0.717) is 22.6 Å². The Bertz CT molecular complexity index is 1400. The molecule has 8 heteroatoms. The van der Waals surface area contributed by atoms with E-state index in [1.165, 1.54) is 17.8 Å². The van der Waals surface area contributed by atoms with Crippen LogP contribution in [0.2, 0.25) is 0 Å². The molecule has 0 saturated heterocycles. The Morgan fingerprint density at radius 2 is 1.75 bits per heavy atom. The molecule has 0 amide bonds. The minimum atomic E-state index is -0.378. The fourth-order valence-corrected chi connectivity index (χ4v) is 4.64. The molecule has 4 aromatic rings. The lowest BCUT2D eigenvalue weighted by atomic mass is 10.1. The molecule has 32 heavy (non-hydrogen) atoms. The zero-order valence-corrected chi connectivity index (χ0v) is 17.9. The predicted molar refractivity (Wildman–Crippen MR) is 124 cm³/mol. The van der Waals surface area contributed by atoms with Crippen molar-refractivity contribution in [3.63, 3.8) is 0 Å². The zero-order valence-electron chi connectivity index (χ0n) is 17.1. The molecule has 0 fully saturated rings. The summed E-state index contributed by atoms with van der Waals surface area (Å²) in [6.45, 7) is 0.450. The van der Waals surface area contributed by atoms with Gasteiger partial charge in [0.05, 0.1) is 38.6 Å². The molecule has 0 aliphatic carbocycles. The van der Waals surface area contributed by atoms with Crippen molar-refractivity contribution >= 4 is 34.0 Å². The van der Waals surface area contributed by atoms with Gasteiger partial charge in [0.15, 0.2) is 0 Å². The van der Waals surface area contributed by atoms with Gasteiger partial charge in [0.25, 0.3) is 5.69 Å². The summed E-state index contributed by atoms with van der Waals surface area (Å²) in [5.74, 6) is 0. The average molecular weight is 440 g/mol. The van der Waals surface area contributed by atoms with Crippen molar-refractivity contribution in [1.82, 2.24) is 4.57 Å². The molecular formula is C24H17N5O2S. The zero-order chi connectivity index (χ0) is 22.7. The lowest BCUT2D eigenvalue weighted by Gasteiger charge is -2.08. The Labute approximate surface area is 188 Å². The van der Waals surface area contributed by atoms with E-state index in [1.54, 1.807) is 36.4 Å². The lowest BCUT2D eigenvalue weighted by molar-refractivity contribution is -0.387. The highest BCUT2D eigenvalue weighted by Crippen LogP contribution is 2.40. The summed E-state index contributed by atoms with van der Waals surface area (Å²) in [5, 5.41) is 34.1. The number of nitrogens with zero attached hydrogens (tertiary/aromatic N) is 4. The van der Waals surface area contributed by atoms with Crippen LogP contribution >= 0.6 is 11.8 Å². The fourth-order valence-electron chi connectivity index (χ4n) is 3.55. The van der Waals surface area contributed by atoms with Crippen LogP contribution in [0.15, 0.2) is 76.7 Å². The highest BCUT2D eigenvalue weighted by molar-refractivity contribution is 7.99. The molecule has 0 aliphatic rings. The van der Waals surface area contributed by atoms with E-state index < -0.39 is 0 Å². The number of hydrogen-bond donors (Lipinski definition) is 1. The first-order valence-electron chi connectivity index (χ1n) is 9.68. The van der Waals surface area contributed by atoms with Gasteiger partial charge < -0.3 is 9.88 Å². The molecule has 0 unspecified atom stereocenters. The van der Waals surface area contributed by atoms with E-state index >= 15 is 0 Å². The van der Waals surface area contributed by atoms with Gasteiger partial charge in [0.2, 0.25) is 0 Å². The van der Waals surface area contributed by atoms with Crippen molar-refractivity contribution < 1.29 is 4.92 Å². The SMILES string of the molecule is CNc1ccc2c(Sc3ccccc3[N+](=O)[O-])cn(Cc3cc(C#N)cc(C#N)c3)c2c1. The number of fused-ring (bicyclic) bond motifs is 1. The van der Waals surface area contributed by atoms with Crippen molar-refractivity contribution in [3.8, 4) is 12.1 Å². The van der Waals surface area contributed by atoms with E-state index in [-0.39, 0.29) is 10.6 Å². The number of nitrogens with one attached hydrogen (secondary N) is 1. The maximum atomic E-state index is 11.5. The van der Waals surface area contributed by atoms with Gasteiger partial charge in [-0.1, -0.05) is 23.9 Å². The number of anilines is 1. The lowest BCUT2D eigenvalue weighted by Crippen LogP contribution is -1.99. The standard InChI is InChI=1S/C24H17N5O2S/c1-27-19-6-7-20-22(11-19)28(14-18-9-16(12-25)8-17(10-18)13-26)15-24(20)32-23-5-3-2-4-21(23)29(30)31/h2-11,15,27H,14H2,1H3. The van der Waals surface area contributed by atoms with Gasteiger partial charge in [0, 0.05) is 41.8 Å². The van der Waals surface area contributed by atoms with Gasteiger partial charge >= 0.3 is 0 Å². The number of rotatable bonds is 6. The highest BCUT2D eigenvalue weighted by atomic mass is 32.2. The number of benzene rings is 3. The average Bonchev–Trinajstić information content (AvgIpc) is 3.14. The number of nitro groups is 1. The third kappa shape index (κ3) is 4.13. The molecule has 0 saturated carbocycles. The summed E-state index contributed by atoms with van der Waals surface area (Å²) in [7, 11) is 1.84. The van der Waals surface area contributed by atoms with Crippen LogP contribution in [0, 0.1) is 32.8 Å². The minimum Gasteiger partial charge on any atom is -0.388 e. The molecule has 1 N–H and O–H groups in total. The number of para-hydroxylation sites is 1. The largest absolute Gasteiger partial charge is 0.388 e. The highest BCUT2D eigenvalue weighted by Gasteiger charge is 2.17. The molecule has 0 aliphatic heterocycles. The summed E-state index contributed by atoms with van der Waals surface area (Å²) < 4.78 is 2.03. The van der Waals surface area contributed by atoms with Gasteiger partial charge in [-0.15, -0.1) is 0 Å². The third-order valence-electron chi connectivity index (χ3n) is 5.02. The molecule has 1 heterocycles. The van der Waals surface area contributed by atoms with E-state index in [2.05, 4.69) is 17.5 Å². The normalized spacial score (nSPS) is 10.5. The molecule has 7 nitrogen and oxygen atoms in total. The van der Waals surface area contributed by atoms with Gasteiger partial charge in [-0.3, -0.25) is 10.1 Å². The Balaban J connectivity index is 1.82. The molecule has 0 bridgehead atoms. The third-order valence-corrected chi connectivity index (χ3v) is 6.13. The number of nitro benzene ring substituents is 1. The van der Waals surface area contributed by atoms with Crippen LogP contribution in [0.4, 0.5) is 11.4 Å². The van der Waals surface area contributed by atoms with E-state index in [9.17, 15) is 20.6 Å². The summed E-state index contributed by atoms with van der Waals surface area (Å²) in [6.07, 6.45) is 1.95. The van der Waals surface area contributed by atoms with Gasteiger partial charge in [-0.05, 0) is 48.0 Å². The quantitative estimate of drug-likeness (QED) is 0.312. The summed E-state index contributed by atoms with van der Waals surface area (Å²) in [5.41, 5.74) is 3.63. The molecule has 3 aromatic carbocycles. The molecule has 0 spiro atoms. The number of nitriles is 2. The summed E-state index contributed by atoms with van der Waals surface area (Å²) >= 11 is 1.34. The van der Waals surface area contributed by atoms with Crippen molar-refractivity contribution in [2.24, 2.45) is 0 Å². The van der Waals surface area contributed by atoms with Crippen LogP contribution in [0.5, 0.6) is 0 Å². The topological polar surface area (TPSA) is 108 Å². The monoisotopic (exact) mass is 439 g/mol. The number of aromatic nitrogens is 1. The molecule has 0 radical (unpaired) electrons. The fraction of sp³-hybridized carbons (Fsp3) is 0.0833. The van der Waals surface area contributed by atoms with Crippen LogP contribution in [-0.2, 0) is 6.54 Å². The first-order chi connectivity index (χ1) is 15.5. The molecular weight excluding hydrogens is 422 g/mol. The second-order valence-electron chi connectivity index (χ2n) is 7.07. The van der Waals surface area contributed by atoms with E-state index in [4.69, 9.17) is 0 Å². The van der Waals surface area contributed by atoms with Crippen LogP contribution in [-0.4, -0.2) is 16.5 Å². The molecule has 1 aromatic heterocycles. The van der Waals surface area contributed by atoms with Crippen LogP contribution in [0.1, 0.15) is 16.7 Å². The van der Waals surface area contributed by atoms with Crippen molar-refractivity contribution in [1.29, 1.82) is 10.5 Å². The first-order valence-corrected chi connectivity index (χ1v) is 10.5. The predicted octanol–water partition coefficient (Wildman–Crippen LogP) is 5.53. The minimum absolute atomic E-state index is 0.0608. The Hall–Kier alpha value is -4.27. The summed E-state index contributed by atoms with van der Waals surface area (Å²) in [4.78, 5) is 12.5. The second kappa shape index (κ2) is 8.84. The first kappa shape index (κ1) is 21.0. The van der Waals surface area contributed by atoms with Crippen LogP contribution < -0.4 is 5.32 Å². The summed E-state index contributed by atoms with van der Waals surface area (Å²) in [6, 6.07) is 21.9. The van der Waals surface area contributed by atoms with Gasteiger partial charge in [0.1, 0.15) is 0 Å². The second-order valence-corrected chi connectivity index (χ2v) is 8.16. The van der Waals surface area contributed by atoms with Crippen molar-refractivity contribution in [2.45, 2.75) is 16.3 Å². The van der Waals surface area contributed by atoms with Crippen LogP contribution in [0.25, 0.3) is 10.9 Å². The van der Waals surface area contributed by atoms with Crippen molar-refractivity contribution in [3.05, 3.63) is 93.7 Å². The van der Waals surface area contributed by atoms with Gasteiger partial charge in [-0.2, -0.15) is 10.5 Å². The molecule has 4 rings (SSSR count). The molecule has 156 valence electrons.